The van der Waals surface area contributed by atoms with Crippen molar-refractivity contribution < 1.29 is 14.4 Å². The molecule has 0 unspecified atom stereocenters. The maximum atomic E-state index is 13.9. The van der Waals surface area contributed by atoms with Crippen molar-refractivity contribution in [3.63, 3.8) is 0 Å². The number of urea groups is 1. The highest BCUT2D eigenvalue weighted by atomic mass is 16.2. The first kappa shape index (κ1) is 25.8. The second-order valence-corrected chi connectivity index (χ2v) is 10.4. The largest absolute Gasteiger partial charge is 0.339 e. The van der Waals surface area contributed by atoms with Gasteiger partial charge in [0.05, 0.1) is 5.56 Å². The number of nitrogens with zero attached hydrogens (tertiary/aromatic N) is 4. The summed E-state index contributed by atoms with van der Waals surface area (Å²) in [7, 11) is 3.96. The van der Waals surface area contributed by atoms with Crippen LogP contribution in [-0.2, 0) is 11.2 Å². The van der Waals surface area contributed by atoms with E-state index in [1.165, 1.54) is 4.90 Å². The summed E-state index contributed by atoms with van der Waals surface area (Å²) in [6, 6.07) is 11.4. The van der Waals surface area contributed by atoms with Crippen LogP contribution in [0.5, 0.6) is 0 Å². The lowest BCUT2D eigenvalue weighted by atomic mass is 9.73. The van der Waals surface area contributed by atoms with Crippen molar-refractivity contribution in [3.8, 4) is 0 Å². The second-order valence-electron chi connectivity index (χ2n) is 10.4. The first-order chi connectivity index (χ1) is 17.2. The number of amides is 4. The van der Waals surface area contributed by atoms with Crippen LogP contribution in [0.15, 0.2) is 42.6 Å². The molecule has 1 aromatic heterocycles. The van der Waals surface area contributed by atoms with Gasteiger partial charge in [0.2, 0.25) is 0 Å². The van der Waals surface area contributed by atoms with E-state index in [0.29, 0.717) is 44.5 Å². The molecule has 0 bridgehead atoms. The Morgan fingerprint density at radius 3 is 2.47 bits per heavy atom. The smallest absolute Gasteiger partial charge is 0.325 e. The van der Waals surface area contributed by atoms with E-state index in [4.69, 9.17) is 0 Å². The van der Waals surface area contributed by atoms with Crippen LogP contribution < -0.4 is 5.32 Å². The minimum Gasteiger partial charge on any atom is -0.339 e. The van der Waals surface area contributed by atoms with Crippen LogP contribution in [0.4, 0.5) is 4.79 Å². The van der Waals surface area contributed by atoms with Gasteiger partial charge in [-0.3, -0.25) is 19.5 Å². The van der Waals surface area contributed by atoms with E-state index in [0.717, 1.165) is 29.8 Å². The molecule has 2 saturated heterocycles. The van der Waals surface area contributed by atoms with Crippen molar-refractivity contribution in [2.45, 2.75) is 45.1 Å². The predicted octanol–water partition coefficient (Wildman–Crippen LogP) is 3.04. The van der Waals surface area contributed by atoms with Crippen molar-refractivity contribution in [3.05, 3.63) is 65.0 Å². The van der Waals surface area contributed by atoms with Gasteiger partial charge in [-0.2, -0.15) is 0 Å². The fraction of sp³-hybridized carbons (Fsp3) is 0.500. The Labute approximate surface area is 213 Å². The molecule has 192 valence electrons. The molecule has 1 N–H and O–H groups in total. The average Bonchev–Trinajstić information content (AvgIpc) is 3.10. The number of carbonyl (C=O) groups is 3. The molecule has 2 fully saturated rings. The standard InChI is InChI=1S/C28H37N5O3/c1-20-8-5-6-9-22(20)18-28(26(35)33(27(36)30-28)15-7-14-31(3)4)24-12-16-32(17-13-24)25(34)23-11-10-21(2)29-19-23/h5-6,8-11,19,24H,7,12-18H2,1-4H3,(H,30,36)/t28-/m0/s1. The molecule has 0 aliphatic carbocycles. The van der Waals surface area contributed by atoms with E-state index in [9.17, 15) is 14.4 Å². The third-order valence-electron chi connectivity index (χ3n) is 7.56. The zero-order chi connectivity index (χ0) is 25.9. The summed E-state index contributed by atoms with van der Waals surface area (Å²) in [5.41, 5.74) is 2.61. The topological polar surface area (TPSA) is 85.9 Å². The second kappa shape index (κ2) is 10.8. The number of imide groups is 1. The van der Waals surface area contributed by atoms with Crippen LogP contribution in [0.25, 0.3) is 0 Å². The molecule has 0 spiro atoms. The van der Waals surface area contributed by atoms with Crippen molar-refractivity contribution in [2.24, 2.45) is 5.92 Å². The summed E-state index contributed by atoms with van der Waals surface area (Å²) < 4.78 is 0. The first-order valence-electron chi connectivity index (χ1n) is 12.8. The molecule has 1 atom stereocenters. The molecular formula is C28H37N5O3. The molecule has 4 amide bonds. The molecule has 1 aromatic carbocycles. The van der Waals surface area contributed by atoms with Gasteiger partial charge in [-0.05, 0) is 82.9 Å². The number of benzene rings is 1. The maximum absolute atomic E-state index is 13.9. The van der Waals surface area contributed by atoms with E-state index < -0.39 is 5.54 Å². The van der Waals surface area contributed by atoms with Gasteiger partial charge in [-0.15, -0.1) is 0 Å². The molecule has 8 heteroatoms. The third kappa shape index (κ3) is 5.28. The van der Waals surface area contributed by atoms with Gasteiger partial charge in [-0.1, -0.05) is 24.3 Å². The number of hydrogen-bond donors (Lipinski definition) is 1. The monoisotopic (exact) mass is 491 g/mol. The Bertz CT molecular complexity index is 1110. The zero-order valence-electron chi connectivity index (χ0n) is 21.8. The fourth-order valence-corrected chi connectivity index (χ4v) is 5.39. The number of aromatic nitrogens is 1. The van der Waals surface area contributed by atoms with Gasteiger partial charge in [0.1, 0.15) is 5.54 Å². The van der Waals surface area contributed by atoms with E-state index in [-0.39, 0.29) is 23.8 Å². The minimum atomic E-state index is -0.998. The molecule has 36 heavy (non-hydrogen) atoms. The number of aryl methyl sites for hydroxylation is 2. The predicted molar refractivity (Wildman–Crippen MR) is 139 cm³/mol. The quantitative estimate of drug-likeness (QED) is 0.574. The summed E-state index contributed by atoms with van der Waals surface area (Å²) in [6.45, 7) is 6.21. The third-order valence-corrected chi connectivity index (χ3v) is 7.56. The lowest BCUT2D eigenvalue weighted by molar-refractivity contribution is -0.134. The van der Waals surface area contributed by atoms with E-state index in [1.54, 1.807) is 6.20 Å². The number of pyridine rings is 1. The number of nitrogens with one attached hydrogen (secondary N) is 1. The van der Waals surface area contributed by atoms with E-state index in [2.05, 4.69) is 15.2 Å². The lowest BCUT2D eigenvalue weighted by Gasteiger charge is -2.41. The number of likely N-dealkylation sites (tertiary alicyclic amines) is 1. The number of rotatable bonds is 8. The SMILES string of the molecule is Cc1ccc(C(=O)N2CCC([C@]3(Cc4ccccc4C)NC(=O)N(CCCN(C)C)C3=O)CC2)cn1. The van der Waals surface area contributed by atoms with Crippen molar-refractivity contribution in [2.75, 3.05) is 40.3 Å². The molecular weight excluding hydrogens is 454 g/mol. The first-order valence-corrected chi connectivity index (χ1v) is 12.8. The van der Waals surface area contributed by atoms with Crippen LogP contribution in [0.1, 0.15) is 46.4 Å². The van der Waals surface area contributed by atoms with Gasteiger partial charge in [0, 0.05) is 37.9 Å². The number of carbonyl (C=O) groups excluding carboxylic acids is 3. The Morgan fingerprint density at radius 1 is 1.11 bits per heavy atom. The molecule has 8 nitrogen and oxygen atoms in total. The van der Waals surface area contributed by atoms with Gasteiger partial charge in [0.25, 0.3) is 11.8 Å². The number of hydrogen-bond acceptors (Lipinski definition) is 5. The normalized spacial score (nSPS) is 20.8. The van der Waals surface area contributed by atoms with E-state index >= 15 is 0 Å². The van der Waals surface area contributed by atoms with E-state index in [1.807, 2.05) is 69.2 Å². The molecule has 0 radical (unpaired) electrons. The van der Waals surface area contributed by atoms with Crippen LogP contribution >= 0.6 is 0 Å². The summed E-state index contributed by atoms with van der Waals surface area (Å²) in [6.07, 6.45) is 4.09. The molecule has 2 aromatic rings. The molecule has 4 rings (SSSR count). The van der Waals surface area contributed by atoms with Crippen molar-refractivity contribution in [1.29, 1.82) is 0 Å². The minimum absolute atomic E-state index is 0.0407. The summed E-state index contributed by atoms with van der Waals surface area (Å²) in [5.74, 6) is -0.240. The zero-order valence-corrected chi connectivity index (χ0v) is 21.8. The van der Waals surface area contributed by atoms with Gasteiger partial charge in [0.15, 0.2) is 0 Å². The number of piperidine rings is 1. The summed E-state index contributed by atoms with van der Waals surface area (Å²) >= 11 is 0. The highest BCUT2D eigenvalue weighted by molar-refractivity contribution is 6.07. The van der Waals surface area contributed by atoms with Crippen molar-refractivity contribution in [1.82, 2.24) is 25.0 Å². The molecule has 0 saturated carbocycles. The van der Waals surface area contributed by atoms with Gasteiger partial charge < -0.3 is 15.1 Å². The average molecular weight is 492 g/mol. The van der Waals surface area contributed by atoms with Gasteiger partial charge in [-0.25, -0.2) is 4.79 Å². The summed E-state index contributed by atoms with van der Waals surface area (Å²) in [4.78, 5) is 49.6. The van der Waals surface area contributed by atoms with Crippen LogP contribution in [0.2, 0.25) is 0 Å². The highest BCUT2D eigenvalue weighted by Gasteiger charge is 2.56. The molecule has 3 heterocycles. The summed E-state index contributed by atoms with van der Waals surface area (Å²) in [5, 5.41) is 3.14. The Kier molecular flexibility index (Phi) is 7.73. The van der Waals surface area contributed by atoms with Gasteiger partial charge >= 0.3 is 6.03 Å². The van der Waals surface area contributed by atoms with Crippen LogP contribution in [0.3, 0.4) is 0 Å². The molecule has 2 aliphatic rings. The molecule has 2 aliphatic heterocycles. The Balaban J connectivity index is 1.54. The lowest BCUT2D eigenvalue weighted by Crippen LogP contribution is -2.58. The fourth-order valence-electron chi connectivity index (χ4n) is 5.39. The Hall–Kier alpha value is -3.26. The Morgan fingerprint density at radius 2 is 1.83 bits per heavy atom. The van der Waals surface area contributed by atoms with Crippen LogP contribution in [-0.4, -0.2) is 83.3 Å². The van der Waals surface area contributed by atoms with Crippen molar-refractivity contribution >= 4 is 17.8 Å². The van der Waals surface area contributed by atoms with Crippen LogP contribution in [0, 0.1) is 19.8 Å². The highest BCUT2D eigenvalue weighted by Crippen LogP contribution is 2.37. The maximum Gasteiger partial charge on any atom is 0.325 e.